The molecule has 0 aliphatic rings. The summed E-state index contributed by atoms with van der Waals surface area (Å²) >= 11 is 0. The third-order valence-corrected chi connectivity index (χ3v) is 6.72. The molecule has 0 spiro atoms. The average molecular weight is 569 g/mol. The lowest BCUT2D eigenvalue weighted by molar-refractivity contribution is 0.480. The molecule has 1 atom stereocenters. The Morgan fingerprint density at radius 2 is 1.15 bits per heavy atom. The van der Waals surface area contributed by atoms with Crippen LogP contribution in [0.1, 0.15) is 139 Å². The highest BCUT2D eigenvalue weighted by Crippen LogP contribution is 2.25. The van der Waals surface area contributed by atoms with E-state index in [2.05, 4.69) is 128 Å². The van der Waals surface area contributed by atoms with Crippen LogP contribution in [0.15, 0.2) is 48.5 Å². The van der Waals surface area contributed by atoms with Gasteiger partial charge in [-0.1, -0.05) is 163 Å². The van der Waals surface area contributed by atoms with Gasteiger partial charge in [0.25, 0.3) is 0 Å². The van der Waals surface area contributed by atoms with Crippen molar-refractivity contribution in [2.24, 2.45) is 11.8 Å². The third kappa shape index (κ3) is 23.2. The van der Waals surface area contributed by atoms with E-state index in [1.807, 2.05) is 34.7 Å². The number of hydrogen-bond acceptors (Lipinski definition) is 1. The standard InChI is InChI=1S/C16H15N.C8H18.C7H16.C4H11N.2C2H6/c1-11-4-3-5-13(8-11)16-10-14-9-12(2)6-7-15(14)17-16;1-4-6-8(3)7-5-2;1-4-6-7(3)5-2;1-4(2)5-3;2*1-2/h3-10,17H,1-2H3;8H,4-7H2,1-3H3;7H,4-6H2,1-3H3;4-5H,1-3H3;2*1-2H3. The molecule has 0 saturated heterocycles. The highest BCUT2D eigenvalue weighted by molar-refractivity contribution is 5.86. The summed E-state index contributed by atoms with van der Waals surface area (Å²) < 4.78 is 0. The summed E-state index contributed by atoms with van der Waals surface area (Å²) in [6.07, 6.45) is 9.60. The topological polar surface area (TPSA) is 27.8 Å². The zero-order chi connectivity index (χ0) is 32.2. The molecule has 0 amide bonds. The Kier molecular flexibility index (Phi) is 31.2. The number of aryl methyl sites for hydroxylation is 2. The summed E-state index contributed by atoms with van der Waals surface area (Å²) in [4.78, 5) is 3.47. The molecule has 0 fully saturated rings. The van der Waals surface area contributed by atoms with E-state index in [0.717, 1.165) is 11.8 Å². The van der Waals surface area contributed by atoms with Crippen molar-refractivity contribution in [1.82, 2.24) is 10.3 Å². The van der Waals surface area contributed by atoms with Crippen molar-refractivity contribution >= 4 is 10.9 Å². The van der Waals surface area contributed by atoms with Crippen LogP contribution in [0.4, 0.5) is 0 Å². The van der Waals surface area contributed by atoms with Crippen molar-refractivity contribution < 1.29 is 0 Å². The normalized spacial score (nSPS) is 10.5. The Bertz CT molecular complexity index is 932. The first-order valence-electron chi connectivity index (χ1n) is 16.9. The number of nitrogens with one attached hydrogen (secondary N) is 2. The second kappa shape index (κ2) is 29.4. The van der Waals surface area contributed by atoms with Gasteiger partial charge in [-0.15, -0.1) is 0 Å². The minimum atomic E-state index is 0.634. The Morgan fingerprint density at radius 1 is 0.659 bits per heavy atom. The van der Waals surface area contributed by atoms with Crippen molar-refractivity contribution in [2.45, 2.75) is 148 Å². The molecule has 3 rings (SSSR count). The van der Waals surface area contributed by atoms with E-state index in [1.165, 1.54) is 78.2 Å². The maximum absolute atomic E-state index is 3.47. The summed E-state index contributed by atoms with van der Waals surface area (Å²) in [5, 5.41) is 4.31. The van der Waals surface area contributed by atoms with E-state index in [0.29, 0.717) is 6.04 Å². The zero-order valence-electron chi connectivity index (χ0n) is 30.3. The summed E-state index contributed by atoms with van der Waals surface area (Å²) in [5.74, 6) is 1.91. The van der Waals surface area contributed by atoms with Crippen LogP contribution < -0.4 is 5.32 Å². The van der Waals surface area contributed by atoms with Crippen LogP contribution in [-0.4, -0.2) is 18.1 Å². The Morgan fingerprint density at radius 3 is 1.56 bits per heavy atom. The van der Waals surface area contributed by atoms with Gasteiger partial charge in [0, 0.05) is 22.6 Å². The Hall–Kier alpha value is -2.06. The van der Waals surface area contributed by atoms with Gasteiger partial charge in [-0.3, -0.25) is 0 Å². The number of rotatable bonds is 9. The van der Waals surface area contributed by atoms with Crippen molar-refractivity contribution in [2.75, 3.05) is 7.05 Å². The number of aromatic amines is 1. The molecule has 41 heavy (non-hydrogen) atoms. The molecular formula is C39H72N2. The summed E-state index contributed by atoms with van der Waals surface area (Å²) in [7, 11) is 1.95. The van der Waals surface area contributed by atoms with Gasteiger partial charge in [-0.05, 0) is 62.6 Å². The summed E-state index contributed by atoms with van der Waals surface area (Å²) in [6.45, 7) is 30.1. The zero-order valence-corrected chi connectivity index (χ0v) is 30.3. The van der Waals surface area contributed by atoms with Crippen molar-refractivity contribution in [3.05, 3.63) is 59.7 Å². The molecule has 0 aliphatic carbocycles. The van der Waals surface area contributed by atoms with Crippen molar-refractivity contribution in [3.63, 3.8) is 0 Å². The largest absolute Gasteiger partial charge is 0.355 e. The van der Waals surface area contributed by atoms with Gasteiger partial charge >= 0.3 is 0 Å². The van der Waals surface area contributed by atoms with Crippen LogP contribution in [0, 0.1) is 25.7 Å². The number of H-pyrrole nitrogens is 1. The Labute approximate surface area is 258 Å². The van der Waals surface area contributed by atoms with E-state index >= 15 is 0 Å². The number of hydrogen-bond donors (Lipinski definition) is 2. The van der Waals surface area contributed by atoms with Gasteiger partial charge in [0.1, 0.15) is 0 Å². The molecule has 3 aromatic rings. The highest BCUT2D eigenvalue weighted by atomic mass is 14.8. The molecule has 1 heterocycles. The predicted molar refractivity (Wildman–Crippen MR) is 193 cm³/mol. The first kappa shape index (κ1) is 43.4. The highest BCUT2D eigenvalue weighted by Gasteiger charge is 2.03. The van der Waals surface area contributed by atoms with Crippen LogP contribution in [0.3, 0.4) is 0 Å². The van der Waals surface area contributed by atoms with E-state index in [9.17, 15) is 0 Å². The first-order valence-corrected chi connectivity index (χ1v) is 16.9. The first-order chi connectivity index (χ1) is 19.6. The van der Waals surface area contributed by atoms with Crippen LogP contribution in [0.5, 0.6) is 0 Å². The molecular weight excluding hydrogens is 496 g/mol. The van der Waals surface area contributed by atoms with Crippen molar-refractivity contribution in [3.8, 4) is 11.3 Å². The molecule has 238 valence electrons. The Balaban J connectivity index is -0.000000510. The van der Waals surface area contributed by atoms with E-state index in [1.54, 1.807) is 0 Å². The quantitative estimate of drug-likeness (QED) is 0.264. The molecule has 0 aliphatic heterocycles. The molecule has 2 aromatic carbocycles. The molecule has 2 N–H and O–H groups in total. The van der Waals surface area contributed by atoms with Gasteiger partial charge < -0.3 is 10.3 Å². The minimum absolute atomic E-state index is 0.634. The molecule has 1 aromatic heterocycles. The second-order valence-electron chi connectivity index (χ2n) is 11.1. The van der Waals surface area contributed by atoms with Crippen LogP contribution in [-0.2, 0) is 0 Å². The number of fused-ring (bicyclic) bond motifs is 1. The lowest BCUT2D eigenvalue weighted by Crippen LogP contribution is -2.15. The molecule has 0 bridgehead atoms. The molecule has 2 heteroatoms. The fourth-order valence-corrected chi connectivity index (χ4v) is 4.05. The van der Waals surface area contributed by atoms with E-state index < -0.39 is 0 Å². The maximum atomic E-state index is 3.47. The monoisotopic (exact) mass is 569 g/mol. The lowest BCUT2D eigenvalue weighted by Gasteiger charge is -2.05. The lowest BCUT2D eigenvalue weighted by atomic mass is 10.0. The SMILES string of the molecule is CC.CC.CCCC(C)CC.CCCC(C)CCC.CNC(C)C.Cc1cccc(-c2cc3cc(C)ccc3[nH]2)c1. The van der Waals surface area contributed by atoms with Gasteiger partial charge in [0.05, 0.1) is 0 Å². The fourth-order valence-electron chi connectivity index (χ4n) is 4.05. The molecule has 1 unspecified atom stereocenters. The minimum Gasteiger partial charge on any atom is -0.355 e. The molecule has 2 nitrogen and oxygen atoms in total. The average Bonchev–Trinajstić information content (AvgIpc) is 3.40. The van der Waals surface area contributed by atoms with Gasteiger partial charge in [-0.2, -0.15) is 0 Å². The smallest absolute Gasteiger partial charge is 0.0464 e. The second-order valence-corrected chi connectivity index (χ2v) is 11.1. The number of benzene rings is 2. The summed E-state index contributed by atoms with van der Waals surface area (Å²) in [6, 6.07) is 17.9. The molecule has 0 radical (unpaired) electrons. The summed E-state index contributed by atoms with van der Waals surface area (Å²) in [5.41, 5.74) is 6.23. The van der Waals surface area contributed by atoms with Crippen LogP contribution >= 0.6 is 0 Å². The predicted octanol–water partition coefficient (Wildman–Crippen LogP) is 13.2. The third-order valence-electron chi connectivity index (χ3n) is 6.72. The van der Waals surface area contributed by atoms with Crippen molar-refractivity contribution in [1.29, 1.82) is 0 Å². The van der Waals surface area contributed by atoms with Gasteiger partial charge in [-0.25, -0.2) is 0 Å². The fraction of sp³-hybridized carbons (Fsp3) is 0.641. The van der Waals surface area contributed by atoms with Gasteiger partial charge in [0.2, 0.25) is 0 Å². The van der Waals surface area contributed by atoms with Gasteiger partial charge in [0.15, 0.2) is 0 Å². The molecule has 0 saturated carbocycles. The van der Waals surface area contributed by atoms with Crippen LogP contribution in [0.2, 0.25) is 0 Å². The number of aromatic nitrogens is 1. The van der Waals surface area contributed by atoms with E-state index in [4.69, 9.17) is 0 Å². The maximum Gasteiger partial charge on any atom is 0.0464 e. The van der Waals surface area contributed by atoms with E-state index in [-0.39, 0.29) is 0 Å². The van der Waals surface area contributed by atoms with Crippen LogP contribution in [0.25, 0.3) is 22.2 Å².